The molecule has 2 heterocycles. The maximum absolute atomic E-state index is 13.2. The lowest BCUT2D eigenvalue weighted by molar-refractivity contribution is -0.140. The molecule has 4 rings (SSSR count). The van der Waals surface area contributed by atoms with Crippen molar-refractivity contribution in [2.75, 3.05) is 12.4 Å². The molecule has 156 valence electrons. The summed E-state index contributed by atoms with van der Waals surface area (Å²) in [5.41, 5.74) is 3.75. The van der Waals surface area contributed by atoms with Gasteiger partial charge in [0.1, 0.15) is 5.82 Å². The number of esters is 1. The third-order valence-corrected chi connectivity index (χ3v) is 5.05. The highest BCUT2D eigenvalue weighted by atomic mass is 16.5. The van der Waals surface area contributed by atoms with Crippen LogP contribution in [-0.2, 0) is 16.0 Å². The summed E-state index contributed by atoms with van der Waals surface area (Å²) in [6.45, 7) is 1.89. The van der Waals surface area contributed by atoms with Gasteiger partial charge in [-0.05, 0) is 37.3 Å². The monoisotopic (exact) mass is 413 g/mol. The largest absolute Gasteiger partial charge is 0.469 e. The summed E-state index contributed by atoms with van der Waals surface area (Å²) in [4.78, 5) is 29.5. The standard InChI is InChI=1S/C25H23N3O3/c1-17-15-21-25(20(26-17)13-14-24(30)31-2)22(29)16-23(27-18-9-5-3-6-10-18)28(21)19-11-7-4-8-12-19/h3-12,15-16,27H,13-14H2,1-2H3. The van der Waals surface area contributed by atoms with Crippen LogP contribution in [0.25, 0.3) is 16.6 Å². The number of hydrogen-bond donors (Lipinski definition) is 1. The molecule has 0 saturated carbocycles. The van der Waals surface area contributed by atoms with Crippen molar-refractivity contribution in [3.05, 3.63) is 94.4 Å². The average molecular weight is 413 g/mol. The number of aryl methyl sites for hydroxylation is 2. The van der Waals surface area contributed by atoms with Gasteiger partial charge in [0, 0.05) is 29.6 Å². The van der Waals surface area contributed by atoms with E-state index in [1.54, 1.807) is 6.07 Å². The van der Waals surface area contributed by atoms with Crippen molar-refractivity contribution in [3.63, 3.8) is 0 Å². The average Bonchev–Trinajstić information content (AvgIpc) is 2.78. The van der Waals surface area contributed by atoms with E-state index < -0.39 is 0 Å². The molecular weight excluding hydrogens is 390 g/mol. The number of para-hydroxylation sites is 2. The van der Waals surface area contributed by atoms with Crippen molar-refractivity contribution in [1.82, 2.24) is 9.55 Å². The van der Waals surface area contributed by atoms with Crippen LogP contribution in [0.1, 0.15) is 17.8 Å². The van der Waals surface area contributed by atoms with Crippen molar-refractivity contribution >= 4 is 28.4 Å². The second-order valence-corrected chi connectivity index (χ2v) is 7.24. The van der Waals surface area contributed by atoms with Crippen molar-refractivity contribution in [3.8, 4) is 5.69 Å². The van der Waals surface area contributed by atoms with Gasteiger partial charge >= 0.3 is 5.97 Å². The number of aromatic nitrogens is 2. The Morgan fingerprint density at radius 3 is 2.39 bits per heavy atom. The normalized spacial score (nSPS) is 10.8. The summed E-state index contributed by atoms with van der Waals surface area (Å²) in [5.74, 6) is 0.321. The molecule has 0 bridgehead atoms. The molecular formula is C25H23N3O3. The number of nitrogens with zero attached hydrogens (tertiary/aromatic N) is 2. The first-order chi connectivity index (χ1) is 15.1. The number of fused-ring (bicyclic) bond motifs is 1. The highest BCUT2D eigenvalue weighted by Gasteiger charge is 2.17. The van der Waals surface area contributed by atoms with Crippen LogP contribution in [-0.4, -0.2) is 22.6 Å². The van der Waals surface area contributed by atoms with Crippen LogP contribution in [0.5, 0.6) is 0 Å². The Morgan fingerprint density at radius 2 is 1.71 bits per heavy atom. The number of benzene rings is 2. The third-order valence-electron chi connectivity index (χ3n) is 5.05. The maximum Gasteiger partial charge on any atom is 0.305 e. The lowest BCUT2D eigenvalue weighted by Gasteiger charge is -2.20. The summed E-state index contributed by atoms with van der Waals surface area (Å²) in [6.07, 6.45) is 0.497. The minimum Gasteiger partial charge on any atom is -0.469 e. The van der Waals surface area contributed by atoms with Crippen LogP contribution in [0.15, 0.2) is 77.6 Å². The first-order valence-electron chi connectivity index (χ1n) is 10.1. The number of carbonyl (C=O) groups is 1. The minimum absolute atomic E-state index is 0.145. The number of methoxy groups -OCH3 is 1. The van der Waals surface area contributed by atoms with Gasteiger partial charge < -0.3 is 10.1 Å². The van der Waals surface area contributed by atoms with Gasteiger partial charge in [0.05, 0.1) is 30.1 Å². The molecule has 0 amide bonds. The third kappa shape index (κ3) is 4.33. The van der Waals surface area contributed by atoms with Crippen molar-refractivity contribution < 1.29 is 9.53 Å². The van der Waals surface area contributed by atoms with Crippen LogP contribution >= 0.6 is 0 Å². The van der Waals surface area contributed by atoms with Crippen molar-refractivity contribution in [2.24, 2.45) is 0 Å². The number of rotatable bonds is 6. The van der Waals surface area contributed by atoms with Gasteiger partial charge in [0.25, 0.3) is 0 Å². The van der Waals surface area contributed by atoms with Gasteiger partial charge in [-0.25, -0.2) is 0 Å². The molecule has 6 nitrogen and oxygen atoms in total. The molecule has 4 aromatic rings. The fraction of sp³-hybridized carbons (Fsp3) is 0.160. The molecule has 0 aliphatic carbocycles. The van der Waals surface area contributed by atoms with E-state index in [9.17, 15) is 9.59 Å². The lowest BCUT2D eigenvalue weighted by atomic mass is 10.1. The number of carbonyl (C=O) groups excluding carboxylic acids is 1. The van der Waals surface area contributed by atoms with E-state index in [-0.39, 0.29) is 17.8 Å². The van der Waals surface area contributed by atoms with Crippen LogP contribution in [0, 0.1) is 6.92 Å². The Kier molecular flexibility index (Phi) is 5.80. The van der Waals surface area contributed by atoms with Gasteiger partial charge in [-0.1, -0.05) is 36.4 Å². The van der Waals surface area contributed by atoms with Crippen LogP contribution in [0.2, 0.25) is 0 Å². The molecule has 0 aliphatic heterocycles. The van der Waals surface area contributed by atoms with Crippen molar-refractivity contribution in [2.45, 2.75) is 19.8 Å². The summed E-state index contributed by atoms with van der Waals surface area (Å²) >= 11 is 0. The minimum atomic E-state index is -0.331. The SMILES string of the molecule is COC(=O)CCc1nc(C)cc2c1c(=O)cc(Nc1ccccc1)n2-c1ccccc1. The first-order valence-corrected chi connectivity index (χ1v) is 10.1. The molecule has 0 atom stereocenters. The Balaban J connectivity index is 1.96. The van der Waals surface area contributed by atoms with E-state index in [0.29, 0.717) is 23.3 Å². The smallest absolute Gasteiger partial charge is 0.305 e. The molecule has 0 radical (unpaired) electrons. The predicted octanol–water partition coefficient (Wildman–Crippen LogP) is 4.54. The molecule has 0 fully saturated rings. The number of anilines is 2. The van der Waals surface area contributed by atoms with Gasteiger partial charge in [-0.15, -0.1) is 0 Å². The topological polar surface area (TPSA) is 73.2 Å². The molecule has 31 heavy (non-hydrogen) atoms. The van der Waals surface area contributed by atoms with E-state index in [1.807, 2.05) is 78.2 Å². The van der Waals surface area contributed by atoms with Gasteiger partial charge in [-0.2, -0.15) is 0 Å². The van der Waals surface area contributed by atoms with Crippen LogP contribution < -0.4 is 10.7 Å². The van der Waals surface area contributed by atoms with Gasteiger partial charge in [-0.3, -0.25) is 19.1 Å². The Bertz CT molecular complexity index is 1280. The molecule has 2 aromatic heterocycles. The quantitative estimate of drug-likeness (QED) is 0.470. The Morgan fingerprint density at radius 1 is 1.03 bits per heavy atom. The highest BCUT2D eigenvalue weighted by Crippen LogP contribution is 2.27. The predicted molar refractivity (Wildman–Crippen MR) is 122 cm³/mol. The maximum atomic E-state index is 13.2. The van der Waals surface area contributed by atoms with Crippen LogP contribution in [0.4, 0.5) is 11.5 Å². The van der Waals surface area contributed by atoms with Crippen molar-refractivity contribution in [1.29, 1.82) is 0 Å². The van der Waals surface area contributed by atoms with E-state index >= 15 is 0 Å². The Hall–Kier alpha value is -3.93. The second kappa shape index (κ2) is 8.83. The van der Waals surface area contributed by atoms with E-state index in [0.717, 1.165) is 22.6 Å². The van der Waals surface area contributed by atoms with Gasteiger partial charge in [0.15, 0.2) is 5.43 Å². The molecule has 0 saturated heterocycles. The van der Waals surface area contributed by atoms with E-state index in [4.69, 9.17) is 4.74 Å². The molecule has 6 heteroatoms. The summed E-state index contributed by atoms with van der Waals surface area (Å²) < 4.78 is 6.78. The number of nitrogens with one attached hydrogen (secondary N) is 1. The molecule has 0 unspecified atom stereocenters. The molecule has 0 spiro atoms. The summed E-state index contributed by atoms with van der Waals surface area (Å²) in [6, 6.07) is 23.0. The summed E-state index contributed by atoms with van der Waals surface area (Å²) in [7, 11) is 1.36. The summed E-state index contributed by atoms with van der Waals surface area (Å²) in [5, 5.41) is 3.88. The number of ether oxygens (including phenoxy) is 1. The number of hydrogen-bond acceptors (Lipinski definition) is 5. The zero-order valence-electron chi connectivity index (χ0n) is 17.5. The Labute approximate surface area is 180 Å². The molecule has 0 aliphatic rings. The zero-order chi connectivity index (χ0) is 21.8. The fourth-order valence-electron chi connectivity index (χ4n) is 3.67. The highest BCUT2D eigenvalue weighted by molar-refractivity contribution is 5.86. The lowest BCUT2D eigenvalue weighted by Crippen LogP contribution is -2.16. The first kappa shape index (κ1) is 20.3. The number of pyridine rings is 2. The van der Waals surface area contributed by atoms with E-state index in [1.165, 1.54) is 7.11 Å². The second-order valence-electron chi connectivity index (χ2n) is 7.24. The molecule has 1 N–H and O–H groups in total. The van der Waals surface area contributed by atoms with Crippen LogP contribution in [0.3, 0.4) is 0 Å². The van der Waals surface area contributed by atoms with E-state index in [2.05, 4.69) is 10.3 Å². The van der Waals surface area contributed by atoms with Gasteiger partial charge in [0.2, 0.25) is 0 Å². The zero-order valence-corrected chi connectivity index (χ0v) is 17.5. The molecule has 2 aromatic carbocycles. The fourth-order valence-corrected chi connectivity index (χ4v) is 3.67.